The van der Waals surface area contributed by atoms with Crippen molar-refractivity contribution < 1.29 is 9.59 Å². The van der Waals surface area contributed by atoms with E-state index in [-0.39, 0.29) is 18.4 Å². The van der Waals surface area contributed by atoms with Gasteiger partial charge in [0.15, 0.2) is 0 Å². The lowest BCUT2D eigenvalue weighted by Crippen LogP contribution is -2.40. The lowest BCUT2D eigenvalue weighted by molar-refractivity contribution is -0.117. The van der Waals surface area contributed by atoms with E-state index in [2.05, 4.69) is 5.32 Å². The number of carbonyl (C=O) groups is 2. The molecule has 0 heterocycles. The van der Waals surface area contributed by atoms with Gasteiger partial charge in [-0.05, 0) is 50.1 Å². The van der Waals surface area contributed by atoms with E-state index in [0.717, 1.165) is 16.8 Å². The minimum absolute atomic E-state index is 0.0189. The lowest BCUT2D eigenvalue weighted by Gasteiger charge is -2.21. The van der Waals surface area contributed by atoms with Crippen molar-refractivity contribution in [3.63, 3.8) is 0 Å². The number of anilines is 1. The van der Waals surface area contributed by atoms with Crippen LogP contribution in [0.2, 0.25) is 0 Å². The third kappa shape index (κ3) is 4.19. The summed E-state index contributed by atoms with van der Waals surface area (Å²) in [4.78, 5) is 26.3. The summed E-state index contributed by atoms with van der Waals surface area (Å²) in [7, 11) is 0. The Morgan fingerprint density at radius 3 is 2.43 bits per heavy atom. The third-order valence-corrected chi connectivity index (χ3v) is 3.72. The first-order valence-electron chi connectivity index (χ1n) is 7.73. The van der Waals surface area contributed by atoms with Crippen LogP contribution in [0.3, 0.4) is 0 Å². The molecule has 0 spiro atoms. The number of nitrogens with zero attached hydrogens (tertiary/aromatic N) is 1. The van der Waals surface area contributed by atoms with Gasteiger partial charge < -0.3 is 10.2 Å². The molecule has 0 unspecified atom stereocenters. The fraction of sp³-hybridized carbons (Fsp3) is 0.263. The van der Waals surface area contributed by atoms with Gasteiger partial charge in [-0.3, -0.25) is 9.59 Å². The summed E-state index contributed by atoms with van der Waals surface area (Å²) in [5, 5.41) is 2.71. The molecule has 0 aliphatic heterocycles. The van der Waals surface area contributed by atoms with E-state index in [9.17, 15) is 9.59 Å². The number of amides is 2. The molecular formula is C19H22N2O2. The van der Waals surface area contributed by atoms with Crippen LogP contribution in [-0.4, -0.2) is 24.9 Å². The largest absolute Gasteiger partial charge is 0.343 e. The van der Waals surface area contributed by atoms with Gasteiger partial charge in [0.2, 0.25) is 5.91 Å². The second kappa shape index (κ2) is 7.58. The topological polar surface area (TPSA) is 49.4 Å². The number of aryl methyl sites for hydroxylation is 2. The Morgan fingerprint density at radius 2 is 1.78 bits per heavy atom. The minimum atomic E-state index is -0.225. The number of nitrogens with one attached hydrogen (secondary N) is 1. The highest BCUT2D eigenvalue weighted by Crippen LogP contribution is 2.15. The molecule has 1 N–H and O–H groups in total. The molecule has 2 aromatic carbocycles. The van der Waals surface area contributed by atoms with E-state index in [1.165, 1.54) is 0 Å². The Bertz CT molecular complexity index is 710. The van der Waals surface area contributed by atoms with Crippen molar-refractivity contribution in [1.82, 2.24) is 5.32 Å². The minimum Gasteiger partial charge on any atom is -0.343 e. The van der Waals surface area contributed by atoms with E-state index >= 15 is 0 Å². The van der Waals surface area contributed by atoms with Crippen LogP contribution in [0.25, 0.3) is 0 Å². The predicted octanol–water partition coefficient (Wildman–Crippen LogP) is 3.09. The average molecular weight is 310 g/mol. The first-order valence-corrected chi connectivity index (χ1v) is 7.73. The Hall–Kier alpha value is -2.62. The molecule has 0 fully saturated rings. The van der Waals surface area contributed by atoms with Crippen molar-refractivity contribution >= 4 is 17.5 Å². The number of carbonyl (C=O) groups excluding carboxylic acids is 2. The highest BCUT2D eigenvalue weighted by Gasteiger charge is 2.16. The summed E-state index contributed by atoms with van der Waals surface area (Å²) >= 11 is 0. The van der Waals surface area contributed by atoms with Crippen molar-refractivity contribution in [1.29, 1.82) is 0 Å². The summed E-state index contributed by atoms with van der Waals surface area (Å²) in [6.45, 7) is 6.32. The SMILES string of the molecule is CCN(C(=O)CNC(=O)c1ccccc1C)c1cccc(C)c1. The quantitative estimate of drug-likeness (QED) is 0.922. The summed E-state index contributed by atoms with van der Waals surface area (Å²) in [6.07, 6.45) is 0. The van der Waals surface area contributed by atoms with E-state index in [1.54, 1.807) is 11.0 Å². The van der Waals surface area contributed by atoms with Gasteiger partial charge in [-0.1, -0.05) is 30.3 Å². The molecular weight excluding hydrogens is 288 g/mol. The van der Waals surface area contributed by atoms with E-state index in [0.29, 0.717) is 12.1 Å². The molecule has 2 amide bonds. The van der Waals surface area contributed by atoms with Crippen LogP contribution in [0.5, 0.6) is 0 Å². The molecule has 0 saturated carbocycles. The van der Waals surface area contributed by atoms with Crippen molar-refractivity contribution in [3.8, 4) is 0 Å². The summed E-state index contributed by atoms with van der Waals surface area (Å²) in [5.74, 6) is -0.350. The van der Waals surface area contributed by atoms with Crippen LogP contribution in [0.1, 0.15) is 28.4 Å². The Balaban J connectivity index is 2.03. The molecule has 0 aliphatic rings. The van der Waals surface area contributed by atoms with Crippen LogP contribution < -0.4 is 10.2 Å². The van der Waals surface area contributed by atoms with E-state index in [4.69, 9.17) is 0 Å². The molecule has 2 aromatic rings. The summed E-state index contributed by atoms with van der Waals surface area (Å²) < 4.78 is 0. The fourth-order valence-corrected chi connectivity index (χ4v) is 2.47. The Labute approximate surface area is 137 Å². The van der Waals surface area contributed by atoms with E-state index in [1.807, 2.05) is 63.2 Å². The lowest BCUT2D eigenvalue weighted by atomic mass is 10.1. The monoisotopic (exact) mass is 310 g/mol. The summed E-state index contributed by atoms with van der Waals surface area (Å²) in [6, 6.07) is 15.1. The maximum Gasteiger partial charge on any atom is 0.251 e. The maximum atomic E-state index is 12.4. The molecule has 2 rings (SSSR count). The molecule has 0 bridgehead atoms. The van der Waals surface area contributed by atoms with Crippen molar-refractivity contribution in [2.24, 2.45) is 0 Å². The molecule has 0 aromatic heterocycles. The summed E-state index contributed by atoms with van der Waals surface area (Å²) in [5.41, 5.74) is 3.43. The van der Waals surface area contributed by atoms with Crippen molar-refractivity contribution in [3.05, 3.63) is 65.2 Å². The molecule has 0 radical (unpaired) electrons. The van der Waals surface area contributed by atoms with Gasteiger partial charge in [-0.2, -0.15) is 0 Å². The van der Waals surface area contributed by atoms with Gasteiger partial charge in [0.25, 0.3) is 5.91 Å². The van der Waals surface area contributed by atoms with Gasteiger partial charge >= 0.3 is 0 Å². The molecule has 23 heavy (non-hydrogen) atoms. The molecule has 0 saturated heterocycles. The number of rotatable bonds is 5. The maximum absolute atomic E-state index is 12.4. The number of benzene rings is 2. The van der Waals surface area contributed by atoms with Gasteiger partial charge in [-0.25, -0.2) is 0 Å². The second-order valence-corrected chi connectivity index (χ2v) is 5.47. The van der Waals surface area contributed by atoms with Crippen molar-refractivity contribution in [2.75, 3.05) is 18.0 Å². The number of hydrogen-bond donors (Lipinski definition) is 1. The zero-order valence-corrected chi connectivity index (χ0v) is 13.8. The normalized spacial score (nSPS) is 10.2. The van der Waals surface area contributed by atoms with Crippen LogP contribution in [0.15, 0.2) is 48.5 Å². The van der Waals surface area contributed by atoms with Crippen molar-refractivity contribution in [2.45, 2.75) is 20.8 Å². The Morgan fingerprint density at radius 1 is 1.04 bits per heavy atom. The number of likely N-dealkylation sites (N-methyl/N-ethyl adjacent to an activating group) is 1. The second-order valence-electron chi connectivity index (χ2n) is 5.47. The van der Waals surface area contributed by atoms with Crippen LogP contribution in [0.4, 0.5) is 5.69 Å². The number of hydrogen-bond acceptors (Lipinski definition) is 2. The zero-order chi connectivity index (χ0) is 16.8. The predicted molar refractivity (Wildman–Crippen MR) is 92.7 cm³/mol. The average Bonchev–Trinajstić information content (AvgIpc) is 2.54. The van der Waals surface area contributed by atoms with Gasteiger partial charge in [0.1, 0.15) is 0 Å². The van der Waals surface area contributed by atoms with Gasteiger partial charge in [0, 0.05) is 17.8 Å². The standard InChI is InChI=1S/C19H22N2O2/c1-4-21(16-10-7-8-14(2)12-16)18(22)13-20-19(23)17-11-6-5-9-15(17)3/h5-12H,4,13H2,1-3H3,(H,20,23). The molecule has 4 nitrogen and oxygen atoms in total. The fourth-order valence-electron chi connectivity index (χ4n) is 2.47. The molecule has 0 atom stereocenters. The van der Waals surface area contributed by atoms with Crippen LogP contribution >= 0.6 is 0 Å². The third-order valence-electron chi connectivity index (χ3n) is 3.72. The van der Waals surface area contributed by atoms with Gasteiger partial charge in [-0.15, -0.1) is 0 Å². The zero-order valence-electron chi connectivity index (χ0n) is 13.8. The highest BCUT2D eigenvalue weighted by molar-refractivity contribution is 6.01. The molecule has 120 valence electrons. The van der Waals surface area contributed by atoms with Gasteiger partial charge in [0.05, 0.1) is 6.54 Å². The first kappa shape index (κ1) is 16.7. The first-order chi connectivity index (χ1) is 11.0. The Kier molecular flexibility index (Phi) is 5.52. The highest BCUT2D eigenvalue weighted by atomic mass is 16.2. The van der Waals surface area contributed by atoms with E-state index < -0.39 is 0 Å². The van der Waals surface area contributed by atoms with Crippen LogP contribution in [-0.2, 0) is 4.79 Å². The van der Waals surface area contributed by atoms with Crippen LogP contribution in [0, 0.1) is 13.8 Å². The molecule has 4 heteroatoms. The molecule has 0 aliphatic carbocycles. The smallest absolute Gasteiger partial charge is 0.251 e.